The summed E-state index contributed by atoms with van der Waals surface area (Å²) in [4.78, 5) is 14.1. The number of nitrogens with one attached hydrogen (secondary N) is 1. The average Bonchev–Trinajstić information content (AvgIpc) is 2.33. The van der Waals surface area contributed by atoms with Crippen molar-refractivity contribution < 1.29 is 9.18 Å². The Morgan fingerprint density at radius 3 is 3.06 bits per heavy atom. The van der Waals surface area contributed by atoms with E-state index in [2.05, 4.69) is 21.2 Å². The van der Waals surface area contributed by atoms with Crippen molar-refractivity contribution >= 4 is 21.8 Å². The van der Waals surface area contributed by atoms with Gasteiger partial charge in [-0.15, -0.1) is 0 Å². The maximum absolute atomic E-state index is 13.0. The zero-order valence-corrected chi connectivity index (χ0v) is 11.8. The topological polar surface area (TPSA) is 32.3 Å². The summed E-state index contributed by atoms with van der Waals surface area (Å²) in [6.45, 7) is 4.43. The van der Waals surface area contributed by atoms with E-state index in [1.165, 1.54) is 12.1 Å². The summed E-state index contributed by atoms with van der Waals surface area (Å²) in [5.41, 5.74) is 0.826. The van der Waals surface area contributed by atoms with Crippen molar-refractivity contribution in [2.45, 2.75) is 19.4 Å². The molecule has 0 radical (unpaired) electrons. The van der Waals surface area contributed by atoms with Crippen LogP contribution >= 0.6 is 15.9 Å². The van der Waals surface area contributed by atoms with Crippen molar-refractivity contribution in [3.63, 3.8) is 0 Å². The lowest BCUT2D eigenvalue weighted by Gasteiger charge is -2.34. The van der Waals surface area contributed by atoms with E-state index in [0.29, 0.717) is 10.9 Å². The Bertz CT molecular complexity index is 453. The number of halogens is 2. The highest BCUT2D eigenvalue weighted by Crippen LogP contribution is 2.19. The number of hydrogen-bond acceptors (Lipinski definition) is 2. The molecule has 1 saturated heterocycles. The van der Waals surface area contributed by atoms with E-state index in [1.807, 2.05) is 11.8 Å². The van der Waals surface area contributed by atoms with Crippen molar-refractivity contribution in [3.05, 3.63) is 34.1 Å². The molecule has 3 nitrogen and oxygen atoms in total. The third-order valence-corrected chi connectivity index (χ3v) is 3.92. The number of amides is 1. The maximum atomic E-state index is 13.0. The standard InChI is InChI=1S/C13H16BrFN2O/c1-9-8-16-4-5-17(9)13(18)6-10-2-3-11(15)7-12(10)14/h2-3,7,9,16H,4-6,8H2,1H3. The second-order valence-electron chi connectivity index (χ2n) is 4.55. The molecule has 2 rings (SSSR count). The van der Waals surface area contributed by atoms with Gasteiger partial charge in [-0.1, -0.05) is 22.0 Å². The van der Waals surface area contributed by atoms with Crippen LogP contribution in [-0.4, -0.2) is 36.5 Å². The number of hydrogen-bond donors (Lipinski definition) is 1. The zero-order chi connectivity index (χ0) is 13.1. The first-order chi connectivity index (χ1) is 8.58. The third-order valence-electron chi connectivity index (χ3n) is 3.18. The molecule has 0 aromatic heterocycles. The lowest BCUT2D eigenvalue weighted by molar-refractivity contribution is -0.133. The van der Waals surface area contributed by atoms with E-state index in [-0.39, 0.29) is 17.8 Å². The Kier molecular flexibility index (Phi) is 4.35. The molecular weight excluding hydrogens is 299 g/mol. The van der Waals surface area contributed by atoms with E-state index in [9.17, 15) is 9.18 Å². The van der Waals surface area contributed by atoms with Crippen LogP contribution in [-0.2, 0) is 11.2 Å². The number of carbonyl (C=O) groups is 1. The van der Waals surface area contributed by atoms with Gasteiger partial charge in [0.15, 0.2) is 0 Å². The molecule has 1 aromatic rings. The summed E-state index contributed by atoms with van der Waals surface area (Å²) >= 11 is 3.29. The zero-order valence-electron chi connectivity index (χ0n) is 10.2. The molecule has 98 valence electrons. The highest BCUT2D eigenvalue weighted by Gasteiger charge is 2.23. The summed E-state index contributed by atoms with van der Waals surface area (Å²) in [5.74, 6) is -0.204. The summed E-state index contributed by atoms with van der Waals surface area (Å²) in [6.07, 6.45) is 0.311. The molecule has 1 aliphatic heterocycles. The molecule has 1 aliphatic rings. The van der Waals surface area contributed by atoms with Gasteiger partial charge in [0.05, 0.1) is 6.42 Å². The second-order valence-corrected chi connectivity index (χ2v) is 5.41. The minimum Gasteiger partial charge on any atom is -0.337 e. The van der Waals surface area contributed by atoms with Crippen molar-refractivity contribution in [1.82, 2.24) is 10.2 Å². The molecule has 5 heteroatoms. The Labute approximate surface area is 114 Å². The second kappa shape index (κ2) is 5.80. The van der Waals surface area contributed by atoms with Gasteiger partial charge in [-0.25, -0.2) is 4.39 Å². The van der Waals surface area contributed by atoms with Gasteiger partial charge in [0.25, 0.3) is 0 Å². The van der Waals surface area contributed by atoms with Gasteiger partial charge in [0.2, 0.25) is 5.91 Å². The molecule has 1 atom stereocenters. The summed E-state index contributed by atoms with van der Waals surface area (Å²) < 4.78 is 13.6. The van der Waals surface area contributed by atoms with E-state index < -0.39 is 0 Å². The van der Waals surface area contributed by atoms with Crippen LogP contribution in [0.3, 0.4) is 0 Å². The number of rotatable bonds is 2. The molecule has 0 aliphatic carbocycles. The normalized spacial score (nSPS) is 19.9. The first kappa shape index (κ1) is 13.5. The lowest BCUT2D eigenvalue weighted by atomic mass is 10.1. The molecule has 1 aromatic carbocycles. The van der Waals surface area contributed by atoms with Gasteiger partial charge in [-0.3, -0.25) is 4.79 Å². The van der Waals surface area contributed by atoms with Crippen molar-refractivity contribution in [3.8, 4) is 0 Å². The Morgan fingerprint density at radius 2 is 2.39 bits per heavy atom. The van der Waals surface area contributed by atoms with Crippen LogP contribution in [0.1, 0.15) is 12.5 Å². The third kappa shape index (κ3) is 3.09. The quantitative estimate of drug-likeness (QED) is 0.905. The van der Waals surface area contributed by atoms with Crippen LogP contribution < -0.4 is 5.32 Å². The van der Waals surface area contributed by atoms with Gasteiger partial charge in [0.1, 0.15) is 5.82 Å². The van der Waals surface area contributed by atoms with Crippen LogP contribution in [0.15, 0.2) is 22.7 Å². The maximum Gasteiger partial charge on any atom is 0.227 e. The van der Waals surface area contributed by atoms with Crippen LogP contribution in [0, 0.1) is 5.82 Å². The van der Waals surface area contributed by atoms with Crippen molar-refractivity contribution in [2.24, 2.45) is 0 Å². The lowest BCUT2D eigenvalue weighted by Crippen LogP contribution is -2.52. The monoisotopic (exact) mass is 314 g/mol. The average molecular weight is 315 g/mol. The summed E-state index contributed by atoms with van der Waals surface area (Å²) in [6, 6.07) is 4.65. The molecule has 0 saturated carbocycles. The highest BCUT2D eigenvalue weighted by molar-refractivity contribution is 9.10. The highest BCUT2D eigenvalue weighted by atomic mass is 79.9. The van der Waals surface area contributed by atoms with Crippen molar-refractivity contribution in [2.75, 3.05) is 19.6 Å². The molecule has 1 heterocycles. The van der Waals surface area contributed by atoms with Crippen LogP contribution in [0.2, 0.25) is 0 Å². The molecule has 1 fully saturated rings. The van der Waals surface area contributed by atoms with Gasteiger partial charge in [-0.05, 0) is 24.6 Å². The molecule has 0 bridgehead atoms. The number of carbonyl (C=O) groups excluding carboxylic acids is 1. The van der Waals surface area contributed by atoms with E-state index in [4.69, 9.17) is 0 Å². The first-order valence-electron chi connectivity index (χ1n) is 6.02. The van der Waals surface area contributed by atoms with E-state index in [0.717, 1.165) is 25.2 Å². The van der Waals surface area contributed by atoms with E-state index in [1.54, 1.807) is 6.07 Å². The number of piperazine rings is 1. The number of nitrogens with zero attached hydrogens (tertiary/aromatic N) is 1. The van der Waals surface area contributed by atoms with Gasteiger partial charge >= 0.3 is 0 Å². The smallest absolute Gasteiger partial charge is 0.227 e. The fraction of sp³-hybridized carbons (Fsp3) is 0.462. The Hall–Kier alpha value is -0.940. The molecule has 0 spiro atoms. The van der Waals surface area contributed by atoms with Crippen LogP contribution in [0.4, 0.5) is 4.39 Å². The molecule has 18 heavy (non-hydrogen) atoms. The van der Waals surface area contributed by atoms with Gasteiger partial charge < -0.3 is 10.2 Å². The van der Waals surface area contributed by atoms with Gasteiger partial charge in [0, 0.05) is 30.1 Å². The summed E-state index contributed by atoms with van der Waals surface area (Å²) in [7, 11) is 0. The fourth-order valence-electron chi connectivity index (χ4n) is 2.14. The minimum absolute atomic E-state index is 0.0938. The van der Waals surface area contributed by atoms with Crippen LogP contribution in [0.5, 0.6) is 0 Å². The van der Waals surface area contributed by atoms with E-state index >= 15 is 0 Å². The predicted octanol–water partition coefficient (Wildman–Crippen LogP) is 1.95. The first-order valence-corrected chi connectivity index (χ1v) is 6.81. The summed E-state index contributed by atoms with van der Waals surface area (Å²) in [5, 5.41) is 3.25. The molecular formula is C13H16BrFN2O. The van der Waals surface area contributed by atoms with Crippen LogP contribution in [0.25, 0.3) is 0 Å². The SMILES string of the molecule is CC1CNCCN1C(=O)Cc1ccc(F)cc1Br. The molecule has 1 N–H and O–H groups in total. The Balaban J connectivity index is 2.06. The fourth-order valence-corrected chi connectivity index (χ4v) is 2.63. The Morgan fingerprint density at radius 1 is 1.61 bits per heavy atom. The predicted molar refractivity (Wildman–Crippen MR) is 71.8 cm³/mol. The molecule has 1 unspecified atom stereocenters. The molecule has 1 amide bonds. The van der Waals surface area contributed by atoms with Gasteiger partial charge in [-0.2, -0.15) is 0 Å². The largest absolute Gasteiger partial charge is 0.337 e. The minimum atomic E-state index is -0.298. The number of benzene rings is 1. The van der Waals surface area contributed by atoms with Crippen molar-refractivity contribution in [1.29, 1.82) is 0 Å².